The van der Waals surface area contributed by atoms with Crippen molar-refractivity contribution in [3.8, 4) is 11.8 Å². The van der Waals surface area contributed by atoms with Gasteiger partial charge in [-0.05, 0) is 12.1 Å². The zero-order chi connectivity index (χ0) is 15.7. The first-order valence-electron chi connectivity index (χ1n) is 6.81. The predicted octanol–water partition coefficient (Wildman–Crippen LogP) is 2.25. The molecule has 114 valence electrons. The van der Waals surface area contributed by atoms with Crippen LogP contribution in [-0.2, 0) is 11.3 Å². The average molecular weight is 310 g/mol. The number of carbonyl (C=O) groups is 1. The Bertz CT molecular complexity index is 512. The number of benzene rings is 1. The second-order valence-electron chi connectivity index (χ2n) is 4.80. The first-order chi connectivity index (χ1) is 10.0. The van der Waals surface area contributed by atoms with E-state index in [-0.39, 0.29) is 18.9 Å². The van der Waals surface area contributed by atoms with Crippen LogP contribution in [0, 0.1) is 11.3 Å². The van der Waals surface area contributed by atoms with E-state index in [0.29, 0.717) is 29.9 Å². The van der Waals surface area contributed by atoms with E-state index < -0.39 is 0 Å². The van der Waals surface area contributed by atoms with Gasteiger partial charge >= 0.3 is 0 Å². The molecule has 1 aromatic carbocycles. The number of nitrogens with zero attached hydrogens (tertiary/aromatic N) is 1. The van der Waals surface area contributed by atoms with Crippen molar-refractivity contribution in [2.24, 2.45) is 0 Å². The van der Waals surface area contributed by atoms with Crippen molar-refractivity contribution in [3.63, 3.8) is 0 Å². The van der Waals surface area contributed by atoms with Gasteiger partial charge in [-0.1, -0.05) is 31.5 Å². The highest BCUT2D eigenvalue weighted by atomic mass is 35.5. The fraction of sp³-hybridized carbons (Fsp3) is 0.467. The third kappa shape index (κ3) is 6.48. The Balaban J connectivity index is 2.59. The van der Waals surface area contributed by atoms with Crippen LogP contribution in [0.1, 0.15) is 25.8 Å². The maximum absolute atomic E-state index is 11.6. The number of ether oxygens (including phenoxy) is 1. The molecule has 0 unspecified atom stereocenters. The van der Waals surface area contributed by atoms with E-state index in [1.54, 1.807) is 18.2 Å². The molecule has 0 spiro atoms. The molecule has 2 N–H and O–H groups in total. The second kappa shape index (κ2) is 9.22. The molecule has 0 saturated carbocycles. The van der Waals surface area contributed by atoms with Crippen LogP contribution in [0.4, 0.5) is 0 Å². The van der Waals surface area contributed by atoms with Gasteiger partial charge in [0, 0.05) is 29.7 Å². The van der Waals surface area contributed by atoms with Crippen molar-refractivity contribution in [3.05, 3.63) is 28.8 Å². The van der Waals surface area contributed by atoms with Gasteiger partial charge < -0.3 is 15.4 Å². The monoisotopic (exact) mass is 309 g/mol. The molecule has 1 amide bonds. The minimum Gasteiger partial charge on any atom is -0.483 e. The number of nitrogens with one attached hydrogen (secondary N) is 2. The summed E-state index contributed by atoms with van der Waals surface area (Å²) in [7, 11) is 0. The Hall–Kier alpha value is -1.77. The quantitative estimate of drug-likeness (QED) is 0.722. The molecule has 0 aliphatic heterocycles. The maximum Gasteiger partial charge on any atom is 0.257 e. The highest BCUT2D eigenvalue weighted by Gasteiger charge is 2.10. The Morgan fingerprint density at radius 3 is 2.90 bits per heavy atom. The lowest BCUT2D eigenvalue weighted by atomic mass is 10.2. The molecule has 0 saturated heterocycles. The van der Waals surface area contributed by atoms with Gasteiger partial charge in [-0.25, -0.2) is 0 Å². The molecule has 0 aromatic heterocycles. The van der Waals surface area contributed by atoms with Gasteiger partial charge in [-0.2, -0.15) is 5.26 Å². The molecule has 0 heterocycles. The van der Waals surface area contributed by atoms with Crippen LogP contribution in [0.5, 0.6) is 5.75 Å². The Kier molecular flexibility index (Phi) is 7.59. The van der Waals surface area contributed by atoms with E-state index in [9.17, 15) is 4.79 Å². The van der Waals surface area contributed by atoms with E-state index in [1.807, 2.05) is 19.9 Å². The summed E-state index contributed by atoms with van der Waals surface area (Å²) < 4.78 is 5.52. The number of carbonyl (C=O) groups excluding carboxylic acids is 1. The van der Waals surface area contributed by atoms with E-state index in [1.165, 1.54) is 0 Å². The molecule has 0 fully saturated rings. The summed E-state index contributed by atoms with van der Waals surface area (Å²) in [6.07, 6.45) is 0.284. The van der Waals surface area contributed by atoms with Crippen LogP contribution < -0.4 is 15.4 Å². The molecule has 5 nitrogen and oxygen atoms in total. The molecular weight excluding hydrogens is 290 g/mol. The number of hydrogen-bond acceptors (Lipinski definition) is 4. The van der Waals surface area contributed by atoms with Crippen molar-refractivity contribution in [1.29, 1.82) is 5.26 Å². The van der Waals surface area contributed by atoms with Gasteiger partial charge in [0.15, 0.2) is 6.61 Å². The molecule has 1 rings (SSSR count). The number of halogens is 1. The fourth-order valence-corrected chi connectivity index (χ4v) is 1.84. The SMILES string of the molecule is CC(C)NCc1c(Cl)cccc1OCC(=O)NCCC#N. The van der Waals surface area contributed by atoms with Gasteiger partial charge in [-0.3, -0.25) is 4.79 Å². The Morgan fingerprint density at radius 2 is 2.24 bits per heavy atom. The molecule has 6 heteroatoms. The van der Waals surface area contributed by atoms with Crippen molar-refractivity contribution in [2.75, 3.05) is 13.2 Å². The molecular formula is C15H20ClN3O2. The van der Waals surface area contributed by atoms with Gasteiger partial charge in [0.1, 0.15) is 5.75 Å². The van der Waals surface area contributed by atoms with Crippen LogP contribution in [0.3, 0.4) is 0 Å². The molecule has 1 aromatic rings. The molecule has 0 bridgehead atoms. The molecule has 0 radical (unpaired) electrons. The first kappa shape index (κ1) is 17.3. The van der Waals surface area contributed by atoms with Gasteiger partial charge in [0.25, 0.3) is 5.91 Å². The van der Waals surface area contributed by atoms with Crippen LogP contribution in [0.25, 0.3) is 0 Å². The van der Waals surface area contributed by atoms with Crippen LogP contribution in [0.15, 0.2) is 18.2 Å². The third-order valence-electron chi connectivity index (χ3n) is 2.68. The molecule has 0 aliphatic carbocycles. The topological polar surface area (TPSA) is 74.2 Å². The largest absolute Gasteiger partial charge is 0.483 e. The Morgan fingerprint density at radius 1 is 1.48 bits per heavy atom. The smallest absolute Gasteiger partial charge is 0.257 e. The number of rotatable bonds is 8. The summed E-state index contributed by atoms with van der Waals surface area (Å²) in [5.74, 6) is 0.332. The Labute approximate surface area is 130 Å². The highest BCUT2D eigenvalue weighted by molar-refractivity contribution is 6.31. The lowest BCUT2D eigenvalue weighted by Crippen LogP contribution is -2.30. The maximum atomic E-state index is 11.6. The normalized spacial score (nSPS) is 10.2. The van der Waals surface area contributed by atoms with Crippen molar-refractivity contribution in [2.45, 2.75) is 32.9 Å². The van der Waals surface area contributed by atoms with E-state index in [2.05, 4.69) is 10.6 Å². The van der Waals surface area contributed by atoms with Crippen molar-refractivity contribution in [1.82, 2.24) is 10.6 Å². The van der Waals surface area contributed by atoms with Gasteiger partial charge in [0.2, 0.25) is 0 Å². The van der Waals surface area contributed by atoms with Crippen molar-refractivity contribution >= 4 is 17.5 Å². The predicted molar refractivity (Wildman–Crippen MR) is 82.2 cm³/mol. The second-order valence-corrected chi connectivity index (χ2v) is 5.21. The summed E-state index contributed by atoms with van der Waals surface area (Å²) in [4.78, 5) is 11.6. The van der Waals surface area contributed by atoms with Crippen LogP contribution in [-0.4, -0.2) is 25.1 Å². The minimum atomic E-state index is -0.256. The van der Waals surface area contributed by atoms with Gasteiger partial charge in [-0.15, -0.1) is 0 Å². The molecule has 0 aliphatic rings. The average Bonchev–Trinajstić information content (AvgIpc) is 2.44. The summed E-state index contributed by atoms with van der Waals surface area (Å²) >= 11 is 6.17. The highest BCUT2D eigenvalue weighted by Crippen LogP contribution is 2.26. The van der Waals surface area contributed by atoms with E-state index in [4.69, 9.17) is 21.6 Å². The molecule has 0 atom stereocenters. The zero-order valence-corrected chi connectivity index (χ0v) is 13.0. The zero-order valence-electron chi connectivity index (χ0n) is 12.3. The lowest BCUT2D eigenvalue weighted by Gasteiger charge is -2.15. The fourth-order valence-electron chi connectivity index (χ4n) is 1.60. The lowest BCUT2D eigenvalue weighted by molar-refractivity contribution is -0.123. The standard InChI is InChI=1S/C15H20ClN3O2/c1-11(2)19-9-12-13(16)5-3-6-14(12)21-10-15(20)18-8-4-7-17/h3,5-6,11,19H,4,8-10H2,1-2H3,(H,18,20). The summed E-state index contributed by atoms with van der Waals surface area (Å²) in [5, 5.41) is 14.9. The van der Waals surface area contributed by atoms with E-state index in [0.717, 1.165) is 5.56 Å². The van der Waals surface area contributed by atoms with E-state index >= 15 is 0 Å². The van der Waals surface area contributed by atoms with Gasteiger partial charge in [0.05, 0.1) is 12.5 Å². The minimum absolute atomic E-state index is 0.0968. The van der Waals surface area contributed by atoms with Crippen LogP contribution >= 0.6 is 11.6 Å². The van der Waals surface area contributed by atoms with Crippen LogP contribution in [0.2, 0.25) is 5.02 Å². The number of nitriles is 1. The summed E-state index contributed by atoms with van der Waals surface area (Å²) in [6, 6.07) is 7.64. The number of hydrogen-bond donors (Lipinski definition) is 2. The summed E-state index contributed by atoms with van der Waals surface area (Å²) in [6.45, 7) is 4.89. The summed E-state index contributed by atoms with van der Waals surface area (Å²) in [5.41, 5.74) is 0.831. The number of amides is 1. The molecule has 21 heavy (non-hydrogen) atoms. The first-order valence-corrected chi connectivity index (χ1v) is 7.19. The van der Waals surface area contributed by atoms with Crippen molar-refractivity contribution < 1.29 is 9.53 Å². The third-order valence-corrected chi connectivity index (χ3v) is 3.03.